The summed E-state index contributed by atoms with van der Waals surface area (Å²) in [6.07, 6.45) is 0. The molecule has 0 saturated heterocycles. The van der Waals surface area contributed by atoms with E-state index in [1.807, 2.05) is 55.5 Å². The summed E-state index contributed by atoms with van der Waals surface area (Å²) >= 11 is 0. The lowest BCUT2D eigenvalue weighted by molar-refractivity contribution is 0.369. The summed E-state index contributed by atoms with van der Waals surface area (Å²) in [5.41, 5.74) is 7.74. The second-order valence-corrected chi connectivity index (χ2v) is 4.61. The number of rotatable bonds is 4. The predicted octanol–water partition coefficient (Wildman–Crippen LogP) is 2.93. The molecular weight excluding hydrogens is 238 g/mol. The molecule has 100 valence electrons. The van der Waals surface area contributed by atoms with Crippen molar-refractivity contribution in [1.82, 2.24) is 0 Å². The van der Waals surface area contributed by atoms with E-state index in [0.717, 1.165) is 22.6 Å². The van der Waals surface area contributed by atoms with Crippen molar-refractivity contribution in [2.45, 2.75) is 12.5 Å². The van der Waals surface area contributed by atoms with Gasteiger partial charge < -0.3 is 15.2 Å². The predicted molar refractivity (Wildman–Crippen MR) is 76.6 cm³/mol. The molecule has 1 atom stereocenters. The Kier molecular flexibility index (Phi) is 3.76. The maximum Gasteiger partial charge on any atom is 0.127 e. The van der Waals surface area contributed by atoms with E-state index in [0.29, 0.717) is 0 Å². The van der Waals surface area contributed by atoms with Crippen LogP contribution in [0.2, 0.25) is 0 Å². The zero-order valence-corrected chi connectivity index (χ0v) is 11.5. The normalized spacial score (nSPS) is 13.7. The van der Waals surface area contributed by atoms with E-state index in [9.17, 15) is 0 Å². The van der Waals surface area contributed by atoms with Gasteiger partial charge in [0.25, 0.3) is 0 Å². The molecule has 2 rings (SSSR count). The molecule has 0 saturated carbocycles. The molecule has 1 unspecified atom stereocenters. The molecule has 0 aliphatic carbocycles. The van der Waals surface area contributed by atoms with Crippen LogP contribution in [0.5, 0.6) is 11.5 Å². The third kappa shape index (κ3) is 2.42. The van der Waals surface area contributed by atoms with Gasteiger partial charge in [-0.25, -0.2) is 0 Å². The van der Waals surface area contributed by atoms with Crippen LogP contribution in [-0.4, -0.2) is 14.2 Å². The Balaban J connectivity index is 2.63. The Morgan fingerprint density at radius 1 is 0.842 bits per heavy atom. The number of ether oxygens (including phenoxy) is 2. The Bertz CT molecular complexity index is 528. The fraction of sp³-hybridized carbons (Fsp3) is 0.250. The van der Waals surface area contributed by atoms with Gasteiger partial charge >= 0.3 is 0 Å². The highest BCUT2D eigenvalue weighted by atomic mass is 16.5. The first kappa shape index (κ1) is 13.4. The number of nitrogens with two attached hydrogens (primary N) is 1. The molecule has 0 aliphatic rings. The van der Waals surface area contributed by atoms with Gasteiger partial charge in [-0.2, -0.15) is 0 Å². The lowest BCUT2D eigenvalue weighted by Crippen LogP contribution is -2.35. The van der Waals surface area contributed by atoms with Gasteiger partial charge in [-0.15, -0.1) is 0 Å². The van der Waals surface area contributed by atoms with Gasteiger partial charge in [-0.05, 0) is 24.6 Å². The zero-order valence-electron chi connectivity index (χ0n) is 11.5. The number of hydrogen-bond acceptors (Lipinski definition) is 3. The van der Waals surface area contributed by atoms with Crippen molar-refractivity contribution in [3.05, 3.63) is 59.7 Å². The minimum absolute atomic E-state index is 0.681. The second kappa shape index (κ2) is 5.33. The van der Waals surface area contributed by atoms with E-state index < -0.39 is 5.54 Å². The lowest BCUT2D eigenvalue weighted by atomic mass is 9.84. The van der Waals surface area contributed by atoms with Crippen LogP contribution in [0.3, 0.4) is 0 Å². The fourth-order valence-corrected chi connectivity index (χ4v) is 2.29. The molecule has 2 N–H and O–H groups in total. The lowest BCUT2D eigenvalue weighted by Gasteiger charge is -2.29. The summed E-state index contributed by atoms with van der Waals surface area (Å²) in [4.78, 5) is 0. The second-order valence-electron chi connectivity index (χ2n) is 4.61. The minimum Gasteiger partial charge on any atom is -0.496 e. The van der Waals surface area contributed by atoms with E-state index >= 15 is 0 Å². The molecule has 0 fully saturated rings. The van der Waals surface area contributed by atoms with Gasteiger partial charge in [0.1, 0.15) is 11.5 Å². The monoisotopic (exact) mass is 257 g/mol. The third-order valence-electron chi connectivity index (χ3n) is 3.32. The van der Waals surface area contributed by atoms with Gasteiger partial charge in [-0.3, -0.25) is 0 Å². The molecule has 2 aromatic rings. The van der Waals surface area contributed by atoms with E-state index in [-0.39, 0.29) is 0 Å². The van der Waals surface area contributed by atoms with Gasteiger partial charge in [0.15, 0.2) is 0 Å². The Hall–Kier alpha value is -2.00. The Morgan fingerprint density at radius 3 is 1.84 bits per heavy atom. The van der Waals surface area contributed by atoms with Crippen molar-refractivity contribution in [2.75, 3.05) is 14.2 Å². The van der Waals surface area contributed by atoms with Crippen LogP contribution in [0.4, 0.5) is 0 Å². The molecule has 0 aliphatic heterocycles. The van der Waals surface area contributed by atoms with Crippen LogP contribution in [0.15, 0.2) is 48.5 Å². The zero-order chi connectivity index (χ0) is 13.9. The molecule has 19 heavy (non-hydrogen) atoms. The Morgan fingerprint density at radius 2 is 1.37 bits per heavy atom. The van der Waals surface area contributed by atoms with Crippen molar-refractivity contribution >= 4 is 0 Å². The van der Waals surface area contributed by atoms with Crippen LogP contribution in [0, 0.1) is 0 Å². The van der Waals surface area contributed by atoms with Crippen LogP contribution >= 0.6 is 0 Å². The molecule has 0 bridgehead atoms. The molecule has 2 aromatic carbocycles. The number of benzene rings is 2. The van der Waals surface area contributed by atoms with Crippen molar-refractivity contribution in [2.24, 2.45) is 5.73 Å². The molecule has 3 nitrogen and oxygen atoms in total. The van der Waals surface area contributed by atoms with E-state index in [4.69, 9.17) is 15.2 Å². The maximum atomic E-state index is 6.55. The Labute approximate surface area is 114 Å². The molecule has 0 aromatic heterocycles. The highest BCUT2D eigenvalue weighted by Gasteiger charge is 2.30. The summed E-state index contributed by atoms with van der Waals surface area (Å²) in [6, 6.07) is 15.6. The van der Waals surface area contributed by atoms with Crippen molar-refractivity contribution < 1.29 is 9.47 Å². The van der Waals surface area contributed by atoms with Crippen LogP contribution < -0.4 is 15.2 Å². The molecule has 0 amide bonds. The van der Waals surface area contributed by atoms with Crippen LogP contribution in [0.1, 0.15) is 18.1 Å². The molecule has 0 spiro atoms. The van der Waals surface area contributed by atoms with Crippen LogP contribution in [0.25, 0.3) is 0 Å². The maximum absolute atomic E-state index is 6.55. The summed E-state index contributed by atoms with van der Waals surface area (Å²) in [5, 5.41) is 0. The molecular formula is C16H19NO2. The van der Waals surface area contributed by atoms with E-state index in [2.05, 4.69) is 0 Å². The fourth-order valence-electron chi connectivity index (χ4n) is 2.29. The van der Waals surface area contributed by atoms with Gasteiger partial charge in [0, 0.05) is 0 Å². The molecule has 3 heteroatoms. The van der Waals surface area contributed by atoms with Gasteiger partial charge in [0.2, 0.25) is 0 Å². The summed E-state index contributed by atoms with van der Waals surface area (Å²) in [5.74, 6) is 1.46. The first-order valence-electron chi connectivity index (χ1n) is 6.17. The first-order valence-corrected chi connectivity index (χ1v) is 6.17. The van der Waals surface area contributed by atoms with Crippen molar-refractivity contribution in [3.8, 4) is 11.5 Å². The van der Waals surface area contributed by atoms with Crippen molar-refractivity contribution in [3.63, 3.8) is 0 Å². The van der Waals surface area contributed by atoms with E-state index in [1.165, 1.54) is 0 Å². The standard InChI is InChI=1S/C16H19NO2/c1-16(17,12-8-5-4-6-9-12)15-13(18-2)10-7-11-14(15)19-3/h4-11H,17H2,1-3H3. The van der Waals surface area contributed by atoms with E-state index in [1.54, 1.807) is 14.2 Å². The summed E-state index contributed by atoms with van der Waals surface area (Å²) in [7, 11) is 3.28. The highest BCUT2D eigenvalue weighted by Crippen LogP contribution is 2.39. The molecule has 0 radical (unpaired) electrons. The smallest absolute Gasteiger partial charge is 0.127 e. The largest absolute Gasteiger partial charge is 0.496 e. The molecule has 0 heterocycles. The highest BCUT2D eigenvalue weighted by molar-refractivity contribution is 5.53. The van der Waals surface area contributed by atoms with Crippen molar-refractivity contribution in [1.29, 1.82) is 0 Å². The minimum atomic E-state index is -0.681. The van der Waals surface area contributed by atoms with Crippen LogP contribution in [-0.2, 0) is 5.54 Å². The average Bonchev–Trinajstić information content (AvgIpc) is 2.47. The topological polar surface area (TPSA) is 44.5 Å². The first-order chi connectivity index (χ1) is 9.11. The SMILES string of the molecule is COc1cccc(OC)c1C(C)(N)c1ccccc1. The quantitative estimate of drug-likeness (QED) is 0.916. The summed E-state index contributed by atoms with van der Waals surface area (Å²) in [6.45, 7) is 1.96. The number of hydrogen-bond donors (Lipinski definition) is 1. The van der Waals surface area contributed by atoms with Gasteiger partial charge in [-0.1, -0.05) is 36.4 Å². The summed E-state index contributed by atoms with van der Waals surface area (Å²) < 4.78 is 10.9. The number of methoxy groups -OCH3 is 2. The van der Waals surface area contributed by atoms with Gasteiger partial charge in [0.05, 0.1) is 25.3 Å². The third-order valence-corrected chi connectivity index (χ3v) is 3.32. The average molecular weight is 257 g/mol.